The highest BCUT2D eigenvalue weighted by atomic mass is 35.5. The molecule has 0 bridgehead atoms. The smallest absolute Gasteiger partial charge is 0.416 e. The first-order valence-electron chi connectivity index (χ1n) is 12.5. The fourth-order valence-corrected chi connectivity index (χ4v) is 6.34. The third-order valence-corrected chi connectivity index (χ3v) is 8.37. The summed E-state index contributed by atoms with van der Waals surface area (Å²) >= 11 is 8.17. The summed E-state index contributed by atoms with van der Waals surface area (Å²) in [4.78, 5) is 27.1. The molecule has 2 fully saturated rings. The Balaban J connectivity index is 1.33. The number of nitrogens with zero attached hydrogens (tertiary/aromatic N) is 3. The van der Waals surface area contributed by atoms with Crippen molar-refractivity contribution in [3.63, 3.8) is 0 Å². The summed E-state index contributed by atoms with van der Waals surface area (Å²) in [6.45, 7) is 2.72. The second kappa shape index (κ2) is 11.7. The van der Waals surface area contributed by atoms with Crippen molar-refractivity contribution in [3.05, 3.63) is 59.9 Å². The number of hydrogen-bond donors (Lipinski definition) is 3. The van der Waals surface area contributed by atoms with E-state index in [4.69, 9.17) is 16.3 Å². The van der Waals surface area contributed by atoms with Crippen LogP contribution in [0, 0.1) is 11.7 Å². The quantitative estimate of drug-likeness (QED) is 0.370. The zero-order valence-electron chi connectivity index (χ0n) is 20.7. The standard InChI is InChI=1S/C26H28ClFN6O3S/c1-2-37-26(36)34(21-11-10-20-19(23(21)27)14-29-31-20)25-33-32-24(38-25)16-4-3-5-18(13-16)30-22(35)12-15-6-8-17(28)9-7-15/h3-9,13,19-21,23,29,31H,2,10-12,14H2,1H3,(H,30,35). The number of anilines is 2. The molecule has 2 aliphatic rings. The first kappa shape index (κ1) is 26.5. The van der Waals surface area contributed by atoms with Crippen molar-refractivity contribution >= 4 is 45.8 Å². The molecule has 0 radical (unpaired) electrons. The van der Waals surface area contributed by atoms with E-state index in [9.17, 15) is 14.0 Å². The van der Waals surface area contributed by atoms with Gasteiger partial charge < -0.3 is 10.1 Å². The first-order valence-corrected chi connectivity index (χ1v) is 13.7. The van der Waals surface area contributed by atoms with Crippen LogP contribution in [0.3, 0.4) is 0 Å². The maximum atomic E-state index is 13.1. The van der Waals surface area contributed by atoms with E-state index in [1.165, 1.54) is 23.5 Å². The number of fused-ring (bicyclic) bond motifs is 1. The average Bonchev–Trinajstić information content (AvgIpc) is 3.58. The minimum Gasteiger partial charge on any atom is -0.449 e. The second-order valence-corrected chi connectivity index (χ2v) is 10.7. The number of hydrogen-bond acceptors (Lipinski definition) is 8. The highest BCUT2D eigenvalue weighted by molar-refractivity contribution is 7.18. The summed E-state index contributed by atoms with van der Waals surface area (Å²) in [5, 5.41) is 12.3. The van der Waals surface area contributed by atoms with Crippen LogP contribution in [0.4, 0.5) is 20.0 Å². The lowest BCUT2D eigenvalue weighted by Crippen LogP contribution is -2.54. The molecule has 4 atom stereocenters. The summed E-state index contributed by atoms with van der Waals surface area (Å²) < 4.78 is 18.5. The van der Waals surface area contributed by atoms with Gasteiger partial charge >= 0.3 is 6.09 Å². The fourth-order valence-electron chi connectivity index (χ4n) is 4.94. The predicted octanol–water partition coefficient (Wildman–Crippen LogP) is 4.35. The molecule has 0 spiro atoms. The van der Waals surface area contributed by atoms with Crippen LogP contribution >= 0.6 is 22.9 Å². The van der Waals surface area contributed by atoms with Gasteiger partial charge in [-0.2, -0.15) is 0 Å². The maximum absolute atomic E-state index is 13.1. The molecule has 2 amide bonds. The average molecular weight is 559 g/mol. The zero-order valence-corrected chi connectivity index (χ0v) is 22.3. The Bertz CT molecular complexity index is 1290. The Labute approximate surface area is 228 Å². The van der Waals surface area contributed by atoms with E-state index in [0.717, 1.165) is 18.5 Å². The predicted molar refractivity (Wildman–Crippen MR) is 145 cm³/mol. The Kier molecular flexibility index (Phi) is 8.18. The van der Waals surface area contributed by atoms with E-state index in [1.54, 1.807) is 36.1 Å². The third-order valence-electron chi connectivity index (χ3n) is 6.78. The van der Waals surface area contributed by atoms with Gasteiger partial charge in [-0.15, -0.1) is 21.8 Å². The topological polar surface area (TPSA) is 108 Å². The van der Waals surface area contributed by atoms with Gasteiger partial charge in [0.05, 0.1) is 24.4 Å². The van der Waals surface area contributed by atoms with Crippen LogP contribution in [0.2, 0.25) is 0 Å². The number of nitrogens with one attached hydrogen (secondary N) is 3. The van der Waals surface area contributed by atoms with Crippen molar-refractivity contribution in [2.24, 2.45) is 5.92 Å². The highest BCUT2D eigenvalue weighted by Crippen LogP contribution is 2.38. The van der Waals surface area contributed by atoms with Gasteiger partial charge in [-0.05, 0) is 49.6 Å². The Morgan fingerprint density at radius 1 is 1.21 bits per heavy atom. The van der Waals surface area contributed by atoms with Crippen molar-refractivity contribution in [1.82, 2.24) is 21.0 Å². The summed E-state index contributed by atoms with van der Waals surface area (Å²) in [5.41, 5.74) is 8.48. The highest BCUT2D eigenvalue weighted by Gasteiger charge is 2.46. The Morgan fingerprint density at radius 3 is 2.82 bits per heavy atom. The van der Waals surface area contributed by atoms with Crippen LogP contribution in [0.5, 0.6) is 0 Å². The van der Waals surface area contributed by atoms with E-state index in [-0.39, 0.29) is 48.1 Å². The Hall–Kier alpha value is -3.12. The molecule has 5 rings (SSSR count). The van der Waals surface area contributed by atoms with Gasteiger partial charge in [0, 0.05) is 29.8 Å². The number of hydrazine groups is 1. The third kappa shape index (κ3) is 5.80. The zero-order chi connectivity index (χ0) is 26.6. The number of benzene rings is 2. The first-order chi connectivity index (χ1) is 18.4. The minimum absolute atomic E-state index is 0.121. The number of rotatable bonds is 7. The summed E-state index contributed by atoms with van der Waals surface area (Å²) in [5.74, 6) is -0.392. The van der Waals surface area contributed by atoms with Gasteiger partial charge in [0.15, 0.2) is 0 Å². The van der Waals surface area contributed by atoms with E-state index in [0.29, 0.717) is 27.8 Å². The molecule has 9 nitrogen and oxygen atoms in total. The normalized spacial score (nSPS) is 22.5. The van der Waals surface area contributed by atoms with Gasteiger partial charge in [-0.25, -0.2) is 14.1 Å². The van der Waals surface area contributed by atoms with Crippen LogP contribution in [0.25, 0.3) is 10.6 Å². The van der Waals surface area contributed by atoms with Gasteiger partial charge in [-0.3, -0.25) is 15.6 Å². The van der Waals surface area contributed by atoms with Crippen LogP contribution in [-0.4, -0.2) is 52.8 Å². The maximum Gasteiger partial charge on any atom is 0.416 e. The molecular weight excluding hydrogens is 531 g/mol. The number of ether oxygens (including phenoxy) is 1. The van der Waals surface area contributed by atoms with E-state index >= 15 is 0 Å². The molecule has 1 aromatic heterocycles. The van der Waals surface area contributed by atoms with E-state index in [2.05, 4.69) is 26.4 Å². The minimum atomic E-state index is -0.495. The number of halogens is 2. The number of alkyl halides is 1. The monoisotopic (exact) mass is 558 g/mol. The van der Waals surface area contributed by atoms with Crippen molar-refractivity contribution in [2.45, 2.75) is 43.6 Å². The largest absolute Gasteiger partial charge is 0.449 e. The molecule has 1 saturated carbocycles. The number of carbonyl (C=O) groups excluding carboxylic acids is 2. The SMILES string of the molecule is CCOC(=O)N(c1nnc(-c2cccc(NC(=O)Cc3ccc(F)cc3)c2)s1)C1CCC2NNCC2C1Cl. The number of aromatic nitrogens is 2. The molecule has 1 aliphatic heterocycles. The van der Waals surface area contributed by atoms with Crippen LogP contribution in [0.1, 0.15) is 25.3 Å². The number of amides is 2. The van der Waals surface area contributed by atoms with Gasteiger partial charge in [0.25, 0.3) is 0 Å². The summed E-state index contributed by atoms with van der Waals surface area (Å²) in [7, 11) is 0. The molecule has 2 aromatic carbocycles. The molecule has 3 N–H and O–H groups in total. The molecule has 200 valence electrons. The van der Waals surface area contributed by atoms with Gasteiger partial charge in [0.2, 0.25) is 11.0 Å². The van der Waals surface area contributed by atoms with Crippen LogP contribution < -0.4 is 21.1 Å². The van der Waals surface area contributed by atoms with E-state index < -0.39 is 6.09 Å². The van der Waals surface area contributed by atoms with Crippen LogP contribution in [0.15, 0.2) is 48.5 Å². The van der Waals surface area contributed by atoms with Crippen molar-refractivity contribution < 1.29 is 18.7 Å². The molecule has 2 heterocycles. The molecule has 3 aromatic rings. The lowest BCUT2D eigenvalue weighted by molar-refractivity contribution is -0.115. The lowest BCUT2D eigenvalue weighted by Gasteiger charge is -2.40. The van der Waals surface area contributed by atoms with Gasteiger partial charge in [0.1, 0.15) is 10.8 Å². The molecule has 1 saturated heterocycles. The fraction of sp³-hybridized carbons (Fsp3) is 0.385. The summed E-state index contributed by atoms with van der Waals surface area (Å²) in [6, 6.07) is 13.1. The molecule has 4 unspecified atom stereocenters. The molecule has 38 heavy (non-hydrogen) atoms. The van der Waals surface area contributed by atoms with Crippen molar-refractivity contribution in [2.75, 3.05) is 23.4 Å². The molecular formula is C26H28ClFN6O3S. The van der Waals surface area contributed by atoms with E-state index in [1.807, 2.05) is 12.1 Å². The second-order valence-electron chi connectivity index (χ2n) is 9.28. The summed E-state index contributed by atoms with van der Waals surface area (Å²) in [6.07, 6.45) is 1.20. The van der Waals surface area contributed by atoms with Crippen molar-refractivity contribution in [3.8, 4) is 10.6 Å². The Morgan fingerprint density at radius 2 is 2.03 bits per heavy atom. The van der Waals surface area contributed by atoms with Crippen molar-refractivity contribution in [1.29, 1.82) is 0 Å². The van der Waals surface area contributed by atoms with Gasteiger partial charge in [-0.1, -0.05) is 35.6 Å². The van der Waals surface area contributed by atoms with Crippen LogP contribution in [-0.2, 0) is 16.0 Å². The number of carbonyl (C=O) groups is 2. The molecule has 12 heteroatoms. The molecule has 1 aliphatic carbocycles. The lowest BCUT2D eigenvalue weighted by atomic mass is 9.82.